The highest BCUT2D eigenvalue weighted by Crippen LogP contribution is 2.36. The van der Waals surface area contributed by atoms with E-state index in [1.165, 1.54) is 12.2 Å². The molecule has 0 aliphatic carbocycles. The lowest BCUT2D eigenvalue weighted by atomic mass is 9.80. The molecule has 3 heterocycles. The van der Waals surface area contributed by atoms with Crippen LogP contribution < -0.4 is 5.46 Å². The molecule has 2 aromatic rings. The van der Waals surface area contributed by atoms with Crippen molar-refractivity contribution in [2.24, 2.45) is 0 Å². The van der Waals surface area contributed by atoms with Crippen LogP contribution in [0.1, 0.15) is 33.3 Å². The Morgan fingerprint density at radius 2 is 2.00 bits per heavy atom. The molecule has 1 saturated heterocycles. The van der Waals surface area contributed by atoms with Gasteiger partial charge in [0.15, 0.2) is 5.65 Å². The lowest BCUT2D eigenvalue weighted by Crippen LogP contribution is -2.41. The zero-order chi connectivity index (χ0) is 16.8. The van der Waals surface area contributed by atoms with E-state index < -0.39 is 7.12 Å². The van der Waals surface area contributed by atoms with E-state index >= 15 is 0 Å². The van der Waals surface area contributed by atoms with Gasteiger partial charge in [0.25, 0.3) is 0 Å². The van der Waals surface area contributed by atoms with Crippen molar-refractivity contribution in [1.29, 1.82) is 0 Å². The number of fused-ring (bicyclic) bond motifs is 1. The van der Waals surface area contributed by atoms with Gasteiger partial charge in [-0.3, -0.25) is 3.97 Å². The average Bonchev–Trinajstić information content (AvgIpc) is 2.94. The summed E-state index contributed by atoms with van der Waals surface area (Å²) in [5.41, 5.74) is 1.97. The molecule has 1 aliphatic rings. The molecule has 2 aromatic heterocycles. The van der Waals surface area contributed by atoms with E-state index in [9.17, 15) is 0 Å². The Balaban J connectivity index is 2.03. The molecule has 0 aromatic carbocycles. The van der Waals surface area contributed by atoms with E-state index in [1.807, 2.05) is 73.0 Å². The Morgan fingerprint density at radius 3 is 2.57 bits per heavy atom. The van der Waals surface area contributed by atoms with E-state index in [0.29, 0.717) is 0 Å². The fourth-order valence-corrected chi connectivity index (χ4v) is 3.43. The van der Waals surface area contributed by atoms with Gasteiger partial charge in [0.05, 0.1) is 11.2 Å². The third kappa shape index (κ3) is 2.95. The van der Waals surface area contributed by atoms with E-state index in [4.69, 9.17) is 11.8 Å². The second kappa shape index (κ2) is 6.07. The van der Waals surface area contributed by atoms with Crippen LogP contribution in [0.25, 0.3) is 17.1 Å². The summed E-state index contributed by atoms with van der Waals surface area (Å²) in [6, 6.07) is 2.05. The van der Waals surface area contributed by atoms with Gasteiger partial charge < -0.3 is 9.31 Å². The first-order valence-electron chi connectivity index (χ1n) is 7.24. The molecular formula is C15H18BIN2O3S. The highest BCUT2D eigenvalue weighted by atomic mass is 127. The van der Waals surface area contributed by atoms with Crippen LogP contribution in [0.3, 0.4) is 0 Å². The van der Waals surface area contributed by atoms with Gasteiger partial charge in [-0.2, -0.15) is 0 Å². The van der Waals surface area contributed by atoms with Crippen LogP contribution in [0, 0.1) is 0 Å². The summed E-state index contributed by atoms with van der Waals surface area (Å²) in [7, 11) is -0.425. The van der Waals surface area contributed by atoms with Gasteiger partial charge in [-0.05, 0) is 33.8 Å². The van der Waals surface area contributed by atoms with Gasteiger partial charge in [0.1, 0.15) is 35.2 Å². The van der Waals surface area contributed by atoms with E-state index in [0.717, 1.165) is 22.1 Å². The zero-order valence-corrected chi connectivity index (χ0v) is 16.5. The average molecular weight is 444 g/mol. The highest BCUT2D eigenvalue weighted by molar-refractivity contribution is 14.1. The minimum absolute atomic E-state index is 0.370. The fraction of sp³-hybridized carbons (Fsp3) is 0.400. The molecule has 0 spiro atoms. The Bertz CT molecular complexity index is 747. The second-order valence-corrected chi connectivity index (χ2v) is 8.23. The minimum Gasteiger partial charge on any atom is -0.399 e. The van der Waals surface area contributed by atoms with Crippen molar-refractivity contribution in [3.05, 3.63) is 30.6 Å². The maximum Gasteiger partial charge on any atom is 0.496 e. The molecule has 1 aliphatic heterocycles. The van der Waals surface area contributed by atoms with Crippen LogP contribution in [-0.2, 0) is 11.8 Å². The number of rotatable bonds is 4. The summed E-state index contributed by atoms with van der Waals surface area (Å²) < 4.78 is 19.2. The van der Waals surface area contributed by atoms with Crippen molar-refractivity contribution in [3.63, 3.8) is 0 Å². The lowest BCUT2D eigenvalue weighted by molar-refractivity contribution is 0.00578. The van der Waals surface area contributed by atoms with Gasteiger partial charge in [-0.15, -0.1) is 0 Å². The van der Waals surface area contributed by atoms with Crippen molar-refractivity contribution < 1.29 is 11.8 Å². The molecule has 3 rings (SSSR count). The van der Waals surface area contributed by atoms with Gasteiger partial charge >= 0.3 is 7.12 Å². The summed E-state index contributed by atoms with van der Waals surface area (Å²) in [6.07, 6.45) is 5.55. The highest BCUT2D eigenvalue weighted by Gasteiger charge is 2.51. The normalized spacial score (nSPS) is 19.4. The van der Waals surface area contributed by atoms with Gasteiger partial charge in [-0.25, -0.2) is 7.50 Å². The topological polar surface area (TPSA) is 45.5 Å². The molecule has 0 N–H and O–H groups in total. The Labute approximate surface area is 154 Å². The van der Waals surface area contributed by atoms with Gasteiger partial charge in [-0.1, -0.05) is 12.7 Å². The summed E-state index contributed by atoms with van der Waals surface area (Å²) in [4.78, 5) is 4.56. The first-order chi connectivity index (χ1) is 10.8. The predicted molar refractivity (Wildman–Crippen MR) is 104 cm³/mol. The van der Waals surface area contributed by atoms with Crippen molar-refractivity contribution in [1.82, 2.24) is 8.96 Å². The molecule has 0 atom stereocenters. The zero-order valence-electron chi connectivity index (χ0n) is 13.5. The third-order valence-electron chi connectivity index (χ3n) is 4.52. The molecule has 1 fully saturated rings. The minimum atomic E-state index is -0.425. The number of aromatic nitrogens is 2. The number of hydrogen-bond acceptors (Lipinski definition) is 5. The van der Waals surface area contributed by atoms with Crippen LogP contribution in [0.4, 0.5) is 0 Å². The van der Waals surface area contributed by atoms with Crippen molar-refractivity contribution in [2.45, 2.75) is 38.9 Å². The standard InChI is InChI=1S/C15H18BIN2O3S/c1-6-10-9-19(23-22-17)13-12(10)7-11(8-18-13)16-20-14(2,3)15(4,5)21-16/h6-9H,1H2,2-5H3. The van der Waals surface area contributed by atoms with Crippen LogP contribution in [0.2, 0.25) is 0 Å². The summed E-state index contributed by atoms with van der Waals surface area (Å²) in [5, 5.41) is 0.994. The van der Waals surface area contributed by atoms with Crippen LogP contribution in [0.5, 0.6) is 0 Å². The van der Waals surface area contributed by atoms with E-state index in [1.54, 1.807) is 6.20 Å². The van der Waals surface area contributed by atoms with Crippen LogP contribution >= 0.6 is 35.2 Å². The molecule has 0 unspecified atom stereocenters. The number of pyridine rings is 1. The maximum absolute atomic E-state index is 6.10. The number of hydrogen-bond donors (Lipinski definition) is 0. The molecule has 0 radical (unpaired) electrons. The lowest BCUT2D eigenvalue weighted by Gasteiger charge is -2.32. The largest absolute Gasteiger partial charge is 0.496 e. The molecule has 122 valence electrons. The van der Waals surface area contributed by atoms with E-state index in [2.05, 4.69) is 11.6 Å². The van der Waals surface area contributed by atoms with Crippen LogP contribution in [0.15, 0.2) is 25.0 Å². The van der Waals surface area contributed by atoms with Crippen LogP contribution in [-0.4, -0.2) is 27.3 Å². The number of halogens is 1. The summed E-state index contributed by atoms with van der Waals surface area (Å²) >= 11 is 3.05. The maximum atomic E-state index is 6.10. The molecule has 0 bridgehead atoms. The second-order valence-electron chi connectivity index (χ2n) is 6.48. The Kier molecular flexibility index (Phi) is 4.56. The smallest absolute Gasteiger partial charge is 0.399 e. The summed E-state index contributed by atoms with van der Waals surface area (Å²) in [6.45, 7) is 12.0. The SMILES string of the molecule is C=Cc1cn(SOI)c2ncc(B3OC(C)(C)C(C)(C)O3)cc12. The Morgan fingerprint density at radius 1 is 1.35 bits per heavy atom. The molecule has 23 heavy (non-hydrogen) atoms. The van der Waals surface area contributed by atoms with Crippen molar-refractivity contribution >= 4 is 64.9 Å². The van der Waals surface area contributed by atoms with Gasteiger partial charge in [0.2, 0.25) is 0 Å². The molecule has 0 amide bonds. The molecule has 8 heteroatoms. The summed E-state index contributed by atoms with van der Waals surface area (Å²) in [5.74, 6) is 0. The fourth-order valence-electron chi connectivity index (χ4n) is 2.48. The van der Waals surface area contributed by atoms with E-state index in [-0.39, 0.29) is 11.2 Å². The first-order valence-corrected chi connectivity index (χ1v) is 8.82. The predicted octanol–water partition coefficient (Wildman–Crippen LogP) is 3.76. The quantitative estimate of drug-likeness (QED) is 0.409. The van der Waals surface area contributed by atoms with Gasteiger partial charge in [0, 0.05) is 28.8 Å². The number of nitrogens with zero attached hydrogens (tertiary/aromatic N) is 2. The Hall–Kier alpha value is -0.545. The third-order valence-corrected chi connectivity index (χ3v) is 5.50. The molecule has 0 saturated carbocycles. The van der Waals surface area contributed by atoms with Crippen molar-refractivity contribution in [3.8, 4) is 0 Å². The van der Waals surface area contributed by atoms with Crippen molar-refractivity contribution in [2.75, 3.05) is 0 Å². The first kappa shape index (κ1) is 17.3. The molecule has 5 nitrogen and oxygen atoms in total. The monoisotopic (exact) mass is 444 g/mol. The molecular weight excluding hydrogens is 426 g/mol.